The van der Waals surface area contributed by atoms with Crippen LogP contribution in [0.2, 0.25) is 5.02 Å². The largest absolute Gasteiger partial charge is 0.458 e. The van der Waals surface area contributed by atoms with Crippen LogP contribution >= 0.6 is 11.6 Å². The number of nitrogens with one attached hydrogen (secondary N) is 1. The van der Waals surface area contributed by atoms with Gasteiger partial charge in [-0.2, -0.15) is 4.72 Å². The van der Waals surface area contributed by atoms with Gasteiger partial charge in [0.15, 0.2) is 0 Å². The molecule has 1 aromatic carbocycles. The van der Waals surface area contributed by atoms with E-state index in [1.54, 1.807) is 61.0 Å². The number of rotatable bonds is 7. The van der Waals surface area contributed by atoms with E-state index in [2.05, 4.69) is 9.71 Å². The zero-order valence-electron chi connectivity index (χ0n) is 15.4. The molecule has 0 aliphatic rings. The summed E-state index contributed by atoms with van der Waals surface area (Å²) in [6.45, 7) is 3.41. The first-order valence-electron chi connectivity index (χ1n) is 8.63. The number of hydrogen-bond donors (Lipinski definition) is 1. The molecule has 0 radical (unpaired) electrons. The minimum Gasteiger partial charge on any atom is -0.458 e. The molecule has 0 aliphatic carbocycles. The van der Waals surface area contributed by atoms with Gasteiger partial charge in [-0.15, -0.1) is 0 Å². The fourth-order valence-corrected chi connectivity index (χ4v) is 4.14. The summed E-state index contributed by atoms with van der Waals surface area (Å²) >= 11 is 5.94. The van der Waals surface area contributed by atoms with E-state index in [1.807, 2.05) is 0 Å². The Bertz CT molecular complexity index is 1080. The molecule has 1 N–H and O–H groups in total. The molecule has 0 aliphatic heterocycles. The van der Waals surface area contributed by atoms with Crippen molar-refractivity contribution in [1.82, 2.24) is 14.1 Å². The molecule has 0 bridgehead atoms. The van der Waals surface area contributed by atoms with Crippen molar-refractivity contribution in [3.63, 3.8) is 0 Å². The maximum Gasteiger partial charge on any atom is 0.324 e. The average molecular weight is 422 g/mol. The van der Waals surface area contributed by atoms with Crippen LogP contribution in [0, 0.1) is 5.92 Å². The van der Waals surface area contributed by atoms with Gasteiger partial charge in [0, 0.05) is 12.4 Å². The number of ether oxygens (including phenoxy) is 1. The second-order valence-electron chi connectivity index (χ2n) is 6.61. The molecule has 7 nitrogen and oxygen atoms in total. The van der Waals surface area contributed by atoms with Crippen molar-refractivity contribution < 1.29 is 17.9 Å². The number of nitrogens with zero attached hydrogens (tertiary/aromatic N) is 2. The maximum atomic E-state index is 12.5. The third kappa shape index (κ3) is 4.70. The molecule has 0 saturated heterocycles. The number of sulfonamides is 1. The van der Waals surface area contributed by atoms with Crippen LogP contribution in [0.3, 0.4) is 0 Å². The normalized spacial score (nSPS) is 13.0. The SMILES string of the molecule is CC(C)[C@@H](NS(=O)(=O)c1ccccc1)C(=O)OCc1cn2cc(Cl)ccc2n1. The van der Waals surface area contributed by atoms with Crippen molar-refractivity contribution in [3.8, 4) is 0 Å². The Morgan fingerprint density at radius 2 is 1.89 bits per heavy atom. The molecule has 2 aromatic heterocycles. The summed E-state index contributed by atoms with van der Waals surface area (Å²) < 4.78 is 34.5. The van der Waals surface area contributed by atoms with E-state index in [1.165, 1.54) is 12.1 Å². The van der Waals surface area contributed by atoms with E-state index in [0.717, 1.165) is 0 Å². The Hall–Kier alpha value is -2.42. The maximum absolute atomic E-state index is 12.5. The summed E-state index contributed by atoms with van der Waals surface area (Å²) in [6.07, 6.45) is 3.40. The highest BCUT2D eigenvalue weighted by molar-refractivity contribution is 7.89. The fourth-order valence-electron chi connectivity index (χ4n) is 2.61. The summed E-state index contributed by atoms with van der Waals surface area (Å²) in [5, 5.41) is 0.559. The second-order valence-corrected chi connectivity index (χ2v) is 8.76. The molecule has 0 unspecified atom stereocenters. The van der Waals surface area contributed by atoms with Gasteiger partial charge in [0.05, 0.1) is 15.6 Å². The Morgan fingerprint density at radius 1 is 1.18 bits per heavy atom. The van der Waals surface area contributed by atoms with Crippen LogP contribution in [0.1, 0.15) is 19.5 Å². The number of imidazole rings is 1. The third-order valence-electron chi connectivity index (χ3n) is 4.08. The lowest BCUT2D eigenvalue weighted by atomic mass is 10.1. The first-order valence-corrected chi connectivity index (χ1v) is 10.5. The highest BCUT2D eigenvalue weighted by atomic mass is 35.5. The summed E-state index contributed by atoms with van der Waals surface area (Å²) in [7, 11) is -3.84. The summed E-state index contributed by atoms with van der Waals surface area (Å²) in [5.74, 6) is -0.963. The topological polar surface area (TPSA) is 89.8 Å². The standard InChI is InChI=1S/C19H20ClN3O4S/c1-13(2)18(22-28(25,26)16-6-4-3-5-7-16)19(24)27-12-15-11-23-10-14(20)8-9-17(23)21-15/h3-11,13,18,22H,12H2,1-2H3/t18-/m1/s1. The molecule has 9 heteroatoms. The molecule has 2 heterocycles. The number of aromatic nitrogens is 2. The van der Waals surface area contributed by atoms with Crippen molar-refractivity contribution in [2.75, 3.05) is 0 Å². The molecule has 3 rings (SSSR count). The lowest BCUT2D eigenvalue weighted by molar-refractivity contribution is -0.148. The molecule has 28 heavy (non-hydrogen) atoms. The molecular formula is C19H20ClN3O4S. The zero-order valence-corrected chi connectivity index (χ0v) is 16.9. The number of hydrogen-bond acceptors (Lipinski definition) is 5. The smallest absolute Gasteiger partial charge is 0.324 e. The molecule has 3 aromatic rings. The van der Waals surface area contributed by atoms with Gasteiger partial charge in [-0.3, -0.25) is 4.79 Å². The Labute approximate surface area is 168 Å². The van der Waals surface area contributed by atoms with Gasteiger partial charge >= 0.3 is 5.97 Å². The lowest BCUT2D eigenvalue weighted by Gasteiger charge is -2.20. The van der Waals surface area contributed by atoms with Crippen molar-refractivity contribution in [3.05, 3.63) is 65.6 Å². The number of benzene rings is 1. The monoisotopic (exact) mass is 421 g/mol. The summed E-state index contributed by atoms with van der Waals surface area (Å²) in [6, 6.07) is 10.3. The Morgan fingerprint density at radius 3 is 2.57 bits per heavy atom. The number of carbonyl (C=O) groups excluding carboxylic acids is 1. The van der Waals surface area contributed by atoms with Gasteiger partial charge in [-0.1, -0.05) is 43.6 Å². The van der Waals surface area contributed by atoms with E-state index in [9.17, 15) is 13.2 Å². The van der Waals surface area contributed by atoms with Gasteiger partial charge in [0.2, 0.25) is 10.0 Å². The van der Waals surface area contributed by atoms with E-state index < -0.39 is 22.0 Å². The molecule has 148 valence electrons. The van der Waals surface area contributed by atoms with Gasteiger partial charge in [-0.05, 0) is 30.2 Å². The molecular weight excluding hydrogens is 402 g/mol. The minimum absolute atomic E-state index is 0.0750. The number of pyridine rings is 1. The van der Waals surface area contributed by atoms with Gasteiger partial charge in [0.1, 0.15) is 18.3 Å². The van der Waals surface area contributed by atoms with Crippen molar-refractivity contribution in [1.29, 1.82) is 0 Å². The number of carbonyl (C=O) groups is 1. The van der Waals surface area contributed by atoms with E-state index in [-0.39, 0.29) is 17.4 Å². The number of halogens is 1. The van der Waals surface area contributed by atoms with Gasteiger partial charge < -0.3 is 9.14 Å². The van der Waals surface area contributed by atoms with E-state index in [4.69, 9.17) is 16.3 Å². The van der Waals surface area contributed by atoms with Crippen LogP contribution in [0.4, 0.5) is 0 Å². The molecule has 0 saturated carbocycles. The summed E-state index contributed by atoms with van der Waals surface area (Å²) in [5.41, 5.74) is 1.20. The minimum atomic E-state index is -3.84. The van der Waals surface area contributed by atoms with Crippen molar-refractivity contribution >= 4 is 33.2 Å². The quantitative estimate of drug-likeness (QED) is 0.592. The highest BCUT2D eigenvalue weighted by Gasteiger charge is 2.29. The lowest BCUT2D eigenvalue weighted by Crippen LogP contribution is -2.45. The molecule has 1 atom stereocenters. The van der Waals surface area contributed by atoms with Crippen LogP contribution in [-0.2, 0) is 26.2 Å². The van der Waals surface area contributed by atoms with Gasteiger partial charge in [-0.25, -0.2) is 13.4 Å². The first kappa shape index (κ1) is 20.3. The number of esters is 1. The van der Waals surface area contributed by atoms with Crippen LogP contribution in [0.25, 0.3) is 5.65 Å². The van der Waals surface area contributed by atoms with E-state index in [0.29, 0.717) is 16.4 Å². The zero-order chi connectivity index (χ0) is 20.3. The van der Waals surface area contributed by atoms with Crippen LogP contribution < -0.4 is 4.72 Å². The fraction of sp³-hybridized carbons (Fsp3) is 0.263. The Kier molecular flexibility index (Phi) is 6.02. The van der Waals surface area contributed by atoms with Crippen LogP contribution in [0.15, 0.2) is 59.8 Å². The second kappa shape index (κ2) is 8.30. The van der Waals surface area contributed by atoms with E-state index >= 15 is 0 Å². The third-order valence-corrected chi connectivity index (χ3v) is 5.76. The van der Waals surface area contributed by atoms with Gasteiger partial charge in [0.25, 0.3) is 0 Å². The first-order chi connectivity index (χ1) is 13.3. The molecule has 0 fully saturated rings. The molecule has 0 amide bonds. The predicted octanol–water partition coefficient (Wildman–Crippen LogP) is 3.03. The Balaban J connectivity index is 1.70. The van der Waals surface area contributed by atoms with Crippen molar-refractivity contribution in [2.24, 2.45) is 5.92 Å². The van der Waals surface area contributed by atoms with Crippen molar-refractivity contribution in [2.45, 2.75) is 31.4 Å². The average Bonchev–Trinajstić information content (AvgIpc) is 3.06. The van der Waals surface area contributed by atoms with Crippen LogP contribution in [0.5, 0.6) is 0 Å². The van der Waals surface area contributed by atoms with Crippen LogP contribution in [-0.4, -0.2) is 29.8 Å². The molecule has 0 spiro atoms. The predicted molar refractivity (Wildman–Crippen MR) is 105 cm³/mol. The highest BCUT2D eigenvalue weighted by Crippen LogP contribution is 2.15. The summed E-state index contributed by atoms with van der Waals surface area (Å²) in [4.78, 5) is 17.0. The number of fused-ring (bicyclic) bond motifs is 1.